The van der Waals surface area contributed by atoms with Crippen molar-refractivity contribution in [2.75, 3.05) is 7.11 Å². The van der Waals surface area contributed by atoms with Crippen molar-refractivity contribution in [3.8, 4) is 11.5 Å². The number of carboxylic acid groups (broad SMARTS) is 1. The van der Waals surface area contributed by atoms with Crippen molar-refractivity contribution >= 4 is 11.8 Å². The molecule has 0 unspecified atom stereocenters. The second-order valence-electron chi connectivity index (χ2n) is 4.35. The van der Waals surface area contributed by atoms with Gasteiger partial charge in [0.25, 0.3) is 0 Å². The van der Waals surface area contributed by atoms with Crippen LogP contribution in [0.3, 0.4) is 0 Å². The summed E-state index contributed by atoms with van der Waals surface area (Å²) in [6.07, 6.45) is -0.198. The molecule has 0 aliphatic heterocycles. The highest BCUT2D eigenvalue weighted by Gasteiger charge is 2.13. The topological polar surface area (TPSA) is 72.8 Å². The summed E-state index contributed by atoms with van der Waals surface area (Å²) in [6, 6.07) is 4.85. The summed E-state index contributed by atoms with van der Waals surface area (Å²) in [5.74, 6) is -0.181. The summed E-state index contributed by atoms with van der Waals surface area (Å²) < 4.78 is 10.7. The Kier molecular flexibility index (Phi) is 5.36. The summed E-state index contributed by atoms with van der Waals surface area (Å²) in [6.45, 7) is 3.79. The van der Waals surface area contributed by atoms with E-state index in [1.807, 2.05) is 13.8 Å². The van der Waals surface area contributed by atoms with Crippen LogP contribution in [0, 0.1) is 0 Å². The average molecular weight is 266 g/mol. The van der Waals surface area contributed by atoms with E-state index in [-0.39, 0.29) is 24.7 Å². The van der Waals surface area contributed by atoms with Crippen LogP contribution in [0.5, 0.6) is 11.5 Å². The fourth-order valence-electron chi connectivity index (χ4n) is 1.56. The predicted molar refractivity (Wildman–Crippen MR) is 70.0 cm³/mol. The minimum Gasteiger partial charge on any atom is -0.493 e. The van der Waals surface area contributed by atoms with Crippen molar-refractivity contribution in [3.63, 3.8) is 0 Å². The SMILES string of the molecule is COc1cc(C(=O)CCC(=O)O)ccc1OC(C)C. The minimum atomic E-state index is -0.986. The van der Waals surface area contributed by atoms with Gasteiger partial charge >= 0.3 is 5.97 Å². The molecule has 0 aliphatic carbocycles. The number of Topliss-reactive ketones (excluding diaryl/α,β-unsaturated/α-hetero) is 1. The Labute approximate surface area is 112 Å². The van der Waals surface area contributed by atoms with Gasteiger partial charge in [-0.05, 0) is 32.0 Å². The van der Waals surface area contributed by atoms with Gasteiger partial charge in [-0.25, -0.2) is 0 Å². The van der Waals surface area contributed by atoms with E-state index < -0.39 is 5.97 Å². The molecule has 0 spiro atoms. The fourth-order valence-corrected chi connectivity index (χ4v) is 1.56. The summed E-state index contributed by atoms with van der Waals surface area (Å²) in [4.78, 5) is 22.2. The second-order valence-corrected chi connectivity index (χ2v) is 4.35. The van der Waals surface area contributed by atoms with E-state index in [4.69, 9.17) is 14.6 Å². The normalized spacial score (nSPS) is 10.3. The lowest BCUT2D eigenvalue weighted by Gasteiger charge is -2.14. The molecule has 1 N–H and O–H groups in total. The maximum atomic E-state index is 11.8. The van der Waals surface area contributed by atoms with Gasteiger partial charge in [0.2, 0.25) is 0 Å². The van der Waals surface area contributed by atoms with E-state index in [1.165, 1.54) is 7.11 Å². The van der Waals surface area contributed by atoms with Gasteiger partial charge in [0, 0.05) is 12.0 Å². The molecule has 0 amide bonds. The molecule has 5 nitrogen and oxygen atoms in total. The number of rotatable bonds is 7. The summed E-state index contributed by atoms with van der Waals surface area (Å²) in [7, 11) is 1.49. The molecular formula is C14H18O5. The van der Waals surface area contributed by atoms with Crippen molar-refractivity contribution in [1.82, 2.24) is 0 Å². The molecule has 0 fully saturated rings. The first kappa shape index (κ1) is 15.0. The van der Waals surface area contributed by atoms with E-state index in [0.29, 0.717) is 17.1 Å². The predicted octanol–water partition coefficient (Wildman–Crippen LogP) is 2.53. The Morgan fingerprint density at radius 1 is 1.21 bits per heavy atom. The van der Waals surface area contributed by atoms with Crippen LogP contribution in [0.1, 0.15) is 37.0 Å². The summed E-state index contributed by atoms with van der Waals surface area (Å²) in [5.41, 5.74) is 0.425. The van der Waals surface area contributed by atoms with Gasteiger partial charge in [-0.1, -0.05) is 0 Å². The number of ether oxygens (including phenoxy) is 2. The highest BCUT2D eigenvalue weighted by molar-refractivity contribution is 5.98. The number of carbonyl (C=O) groups is 2. The second kappa shape index (κ2) is 6.78. The monoisotopic (exact) mass is 266 g/mol. The number of methoxy groups -OCH3 is 1. The van der Waals surface area contributed by atoms with Crippen LogP contribution in [0.25, 0.3) is 0 Å². The maximum Gasteiger partial charge on any atom is 0.303 e. The Morgan fingerprint density at radius 3 is 2.42 bits per heavy atom. The number of carboxylic acids is 1. The molecule has 0 saturated heterocycles. The molecule has 1 rings (SSSR count). The van der Waals surface area contributed by atoms with Gasteiger partial charge in [-0.15, -0.1) is 0 Å². The van der Waals surface area contributed by atoms with Gasteiger partial charge in [-0.3, -0.25) is 9.59 Å². The molecule has 1 aromatic carbocycles. The highest BCUT2D eigenvalue weighted by atomic mass is 16.5. The van der Waals surface area contributed by atoms with Crippen LogP contribution in [-0.2, 0) is 4.79 Å². The molecule has 0 saturated carbocycles. The van der Waals surface area contributed by atoms with Crippen LogP contribution in [0.2, 0.25) is 0 Å². The molecule has 0 heterocycles. The molecule has 0 atom stereocenters. The van der Waals surface area contributed by atoms with Crippen LogP contribution in [0.15, 0.2) is 18.2 Å². The Hall–Kier alpha value is -2.04. The standard InChI is InChI=1S/C14H18O5/c1-9(2)19-12-6-4-10(8-13(12)18-3)11(15)5-7-14(16)17/h4,6,8-9H,5,7H2,1-3H3,(H,16,17). The number of ketones is 1. The van der Waals surface area contributed by atoms with E-state index >= 15 is 0 Å². The van der Waals surface area contributed by atoms with Gasteiger partial charge in [0.05, 0.1) is 19.6 Å². The smallest absolute Gasteiger partial charge is 0.303 e. The Morgan fingerprint density at radius 2 is 1.89 bits per heavy atom. The third kappa shape index (κ3) is 4.62. The number of hydrogen-bond acceptors (Lipinski definition) is 4. The van der Waals surface area contributed by atoms with Crippen molar-refractivity contribution in [1.29, 1.82) is 0 Å². The van der Waals surface area contributed by atoms with E-state index in [9.17, 15) is 9.59 Å². The fraction of sp³-hybridized carbons (Fsp3) is 0.429. The minimum absolute atomic E-state index is 0.00228. The number of aliphatic carboxylic acids is 1. The zero-order valence-electron chi connectivity index (χ0n) is 11.3. The van der Waals surface area contributed by atoms with Crippen molar-refractivity contribution < 1.29 is 24.2 Å². The van der Waals surface area contributed by atoms with E-state index in [2.05, 4.69) is 0 Å². The zero-order valence-corrected chi connectivity index (χ0v) is 11.3. The van der Waals surface area contributed by atoms with Crippen molar-refractivity contribution in [3.05, 3.63) is 23.8 Å². The first-order valence-corrected chi connectivity index (χ1v) is 6.03. The lowest BCUT2D eigenvalue weighted by Crippen LogP contribution is -2.08. The third-order valence-electron chi connectivity index (χ3n) is 2.41. The molecule has 0 bridgehead atoms. The lowest BCUT2D eigenvalue weighted by atomic mass is 10.1. The highest BCUT2D eigenvalue weighted by Crippen LogP contribution is 2.29. The Bertz CT molecular complexity index is 465. The first-order valence-electron chi connectivity index (χ1n) is 6.03. The van der Waals surface area contributed by atoms with E-state index in [1.54, 1.807) is 18.2 Å². The van der Waals surface area contributed by atoms with Crippen LogP contribution >= 0.6 is 0 Å². The number of benzene rings is 1. The molecule has 0 aliphatic rings. The molecule has 5 heteroatoms. The molecular weight excluding hydrogens is 248 g/mol. The first-order chi connectivity index (χ1) is 8.93. The van der Waals surface area contributed by atoms with Gasteiger partial charge in [-0.2, -0.15) is 0 Å². The number of carbonyl (C=O) groups excluding carboxylic acids is 1. The molecule has 104 valence electrons. The molecule has 0 radical (unpaired) electrons. The van der Waals surface area contributed by atoms with Gasteiger partial charge < -0.3 is 14.6 Å². The zero-order chi connectivity index (χ0) is 14.4. The largest absolute Gasteiger partial charge is 0.493 e. The Balaban J connectivity index is 2.86. The average Bonchev–Trinajstić information content (AvgIpc) is 2.35. The lowest BCUT2D eigenvalue weighted by molar-refractivity contribution is -0.136. The molecule has 0 aromatic heterocycles. The summed E-state index contributed by atoms with van der Waals surface area (Å²) >= 11 is 0. The van der Waals surface area contributed by atoms with Gasteiger partial charge in [0.1, 0.15) is 0 Å². The number of hydrogen-bond donors (Lipinski definition) is 1. The summed E-state index contributed by atoms with van der Waals surface area (Å²) in [5, 5.41) is 8.56. The quantitative estimate of drug-likeness (QED) is 0.768. The van der Waals surface area contributed by atoms with E-state index in [0.717, 1.165) is 0 Å². The van der Waals surface area contributed by atoms with Crippen LogP contribution in [0.4, 0.5) is 0 Å². The van der Waals surface area contributed by atoms with Crippen LogP contribution < -0.4 is 9.47 Å². The molecule has 19 heavy (non-hydrogen) atoms. The van der Waals surface area contributed by atoms with Gasteiger partial charge in [0.15, 0.2) is 17.3 Å². The van der Waals surface area contributed by atoms with Crippen molar-refractivity contribution in [2.45, 2.75) is 32.8 Å². The third-order valence-corrected chi connectivity index (χ3v) is 2.41. The van der Waals surface area contributed by atoms with Crippen LogP contribution in [-0.4, -0.2) is 30.1 Å². The van der Waals surface area contributed by atoms with Crippen molar-refractivity contribution in [2.24, 2.45) is 0 Å². The molecule has 1 aromatic rings. The maximum absolute atomic E-state index is 11.8.